The van der Waals surface area contributed by atoms with Crippen molar-refractivity contribution in [2.24, 2.45) is 5.41 Å². The fourth-order valence-electron chi connectivity index (χ4n) is 2.79. The molecule has 1 aromatic carbocycles. The number of hydrogen-bond acceptors (Lipinski definition) is 3. The van der Waals surface area contributed by atoms with E-state index in [-0.39, 0.29) is 24.8 Å². The number of nitrogens with zero attached hydrogens (tertiary/aromatic N) is 2. The number of carbonyl (C=O) groups is 2. The van der Waals surface area contributed by atoms with Gasteiger partial charge in [0.15, 0.2) is 0 Å². The normalized spacial score (nSPS) is 14.5. The first-order valence-corrected chi connectivity index (χ1v) is 8.42. The number of hydrogen-bond donors (Lipinski definition) is 2. The summed E-state index contributed by atoms with van der Waals surface area (Å²) in [6, 6.07) is 7.74. The van der Waals surface area contributed by atoms with Crippen molar-refractivity contribution in [3.63, 3.8) is 0 Å². The Hall–Kier alpha value is -2.63. The number of imidazole rings is 1. The highest BCUT2D eigenvalue weighted by atomic mass is 16.4. The molecular weight excluding hydrogens is 318 g/mol. The number of aliphatic carboxylic acids is 1. The molecule has 0 aliphatic heterocycles. The second-order valence-corrected chi connectivity index (χ2v) is 6.76. The molecular formula is C19H25N3O3. The summed E-state index contributed by atoms with van der Waals surface area (Å²) in [5.41, 5.74) is 1.47. The number of benzene rings is 1. The first-order valence-electron chi connectivity index (χ1n) is 8.42. The number of carboxylic acid groups (broad SMARTS) is 1. The number of rotatable bonds is 8. The largest absolute Gasteiger partial charge is 0.481 e. The zero-order valence-corrected chi connectivity index (χ0v) is 14.9. The predicted molar refractivity (Wildman–Crippen MR) is 95.4 cm³/mol. The predicted octanol–water partition coefficient (Wildman–Crippen LogP) is 3.33. The van der Waals surface area contributed by atoms with Gasteiger partial charge in [-0.2, -0.15) is 0 Å². The molecule has 6 nitrogen and oxygen atoms in total. The van der Waals surface area contributed by atoms with Crippen LogP contribution >= 0.6 is 0 Å². The lowest BCUT2D eigenvalue weighted by molar-refractivity contribution is -0.140. The maximum atomic E-state index is 12.3. The van der Waals surface area contributed by atoms with Crippen LogP contribution in [0.1, 0.15) is 51.6 Å². The Kier molecular flexibility index (Phi) is 5.96. The molecule has 1 heterocycles. The van der Waals surface area contributed by atoms with Gasteiger partial charge in [-0.3, -0.25) is 9.59 Å². The van der Waals surface area contributed by atoms with E-state index >= 15 is 0 Å². The molecule has 6 heteroatoms. The molecule has 2 aromatic rings. The van der Waals surface area contributed by atoms with E-state index in [1.165, 1.54) is 0 Å². The molecule has 1 amide bonds. The Morgan fingerprint density at radius 3 is 2.48 bits per heavy atom. The van der Waals surface area contributed by atoms with Crippen LogP contribution in [0.4, 0.5) is 0 Å². The van der Waals surface area contributed by atoms with E-state index in [4.69, 9.17) is 5.11 Å². The third-order valence-corrected chi connectivity index (χ3v) is 4.59. The number of aromatic nitrogens is 2. The zero-order valence-electron chi connectivity index (χ0n) is 14.9. The van der Waals surface area contributed by atoms with Gasteiger partial charge in [0.2, 0.25) is 5.91 Å². The lowest BCUT2D eigenvalue weighted by atomic mass is 9.80. The molecule has 0 aliphatic rings. The van der Waals surface area contributed by atoms with Gasteiger partial charge in [0.05, 0.1) is 18.8 Å². The van der Waals surface area contributed by atoms with Crippen LogP contribution in [0.2, 0.25) is 0 Å². The van der Waals surface area contributed by atoms with Gasteiger partial charge in [-0.15, -0.1) is 0 Å². The van der Waals surface area contributed by atoms with E-state index in [1.54, 1.807) is 12.5 Å². The van der Waals surface area contributed by atoms with Gasteiger partial charge in [-0.1, -0.05) is 26.0 Å². The highest BCUT2D eigenvalue weighted by Crippen LogP contribution is 2.30. The fourth-order valence-corrected chi connectivity index (χ4v) is 2.79. The van der Waals surface area contributed by atoms with Crippen molar-refractivity contribution in [3.8, 4) is 5.69 Å². The highest BCUT2D eigenvalue weighted by molar-refractivity contribution is 5.78. The second kappa shape index (κ2) is 7.96. The monoisotopic (exact) mass is 343 g/mol. The van der Waals surface area contributed by atoms with Gasteiger partial charge in [0.25, 0.3) is 0 Å². The average Bonchev–Trinajstić information content (AvgIpc) is 3.08. The van der Waals surface area contributed by atoms with Crippen LogP contribution in [0.15, 0.2) is 43.0 Å². The summed E-state index contributed by atoms with van der Waals surface area (Å²) < 4.78 is 1.91. The maximum Gasteiger partial charge on any atom is 0.303 e. The second-order valence-electron chi connectivity index (χ2n) is 6.76. The van der Waals surface area contributed by atoms with Gasteiger partial charge in [0.1, 0.15) is 0 Å². The molecule has 2 N–H and O–H groups in total. The molecule has 1 aromatic heterocycles. The molecule has 0 bridgehead atoms. The first kappa shape index (κ1) is 18.7. The quantitative estimate of drug-likeness (QED) is 0.770. The van der Waals surface area contributed by atoms with Crippen molar-refractivity contribution in [2.45, 2.75) is 46.1 Å². The fraction of sp³-hybridized carbons (Fsp3) is 0.421. The third kappa shape index (κ3) is 5.17. The highest BCUT2D eigenvalue weighted by Gasteiger charge is 2.29. The number of amides is 1. The minimum absolute atomic E-state index is 0.00902. The summed E-state index contributed by atoms with van der Waals surface area (Å²) in [5.74, 6) is -1.00. The summed E-state index contributed by atoms with van der Waals surface area (Å²) >= 11 is 0. The Morgan fingerprint density at radius 2 is 1.96 bits per heavy atom. The van der Waals surface area contributed by atoms with Crippen molar-refractivity contribution in [3.05, 3.63) is 48.5 Å². The van der Waals surface area contributed by atoms with E-state index < -0.39 is 11.4 Å². The van der Waals surface area contributed by atoms with Crippen LogP contribution in [0.5, 0.6) is 0 Å². The summed E-state index contributed by atoms with van der Waals surface area (Å²) in [6.45, 7) is 5.67. The molecule has 2 atom stereocenters. The number of carbonyl (C=O) groups excluding carboxylic acids is 1. The molecule has 0 radical (unpaired) electrons. The molecule has 0 aliphatic carbocycles. The van der Waals surface area contributed by atoms with Gasteiger partial charge in [-0.25, -0.2) is 4.98 Å². The topological polar surface area (TPSA) is 84.2 Å². The first-order chi connectivity index (χ1) is 11.8. The summed E-state index contributed by atoms with van der Waals surface area (Å²) in [5, 5.41) is 12.0. The van der Waals surface area contributed by atoms with Crippen LogP contribution in [0.25, 0.3) is 5.69 Å². The molecule has 134 valence electrons. The number of nitrogens with one attached hydrogen (secondary N) is 1. The van der Waals surface area contributed by atoms with Crippen LogP contribution in [-0.2, 0) is 9.59 Å². The van der Waals surface area contributed by atoms with Gasteiger partial charge < -0.3 is 15.0 Å². The van der Waals surface area contributed by atoms with Crippen LogP contribution in [0, 0.1) is 5.41 Å². The third-order valence-electron chi connectivity index (χ3n) is 4.59. The molecule has 0 spiro atoms. The van der Waals surface area contributed by atoms with Crippen molar-refractivity contribution >= 4 is 11.9 Å². The van der Waals surface area contributed by atoms with E-state index in [0.29, 0.717) is 6.42 Å². The molecule has 2 rings (SSSR count). The van der Waals surface area contributed by atoms with Crippen molar-refractivity contribution in [2.75, 3.05) is 0 Å². The zero-order chi connectivity index (χ0) is 18.4. The van der Waals surface area contributed by atoms with Crippen molar-refractivity contribution in [1.29, 1.82) is 0 Å². The van der Waals surface area contributed by atoms with Crippen LogP contribution in [0.3, 0.4) is 0 Å². The van der Waals surface area contributed by atoms with E-state index in [0.717, 1.165) is 11.3 Å². The SMILES string of the molecule is CC[C@](C)(CC(=O)O)CC(=O)N[C@H](C)c1ccc(-n2ccnc2)cc1. The summed E-state index contributed by atoms with van der Waals surface area (Å²) in [6.07, 6.45) is 6.15. The minimum Gasteiger partial charge on any atom is -0.481 e. The van der Waals surface area contributed by atoms with Crippen LogP contribution in [-0.4, -0.2) is 26.5 Å². The molecule has 25 heavy (non-hydrogen) atoms. The average molecular weight is 343 g/mol. The standard InChI is InChI=1S/C19H25N3O3/c1-4-19(3,12-18(24)25)11-17(23)21-14(2)15-5-7-16(8-6-15)22-10-9-20-13-22/h5-10,13-14H,4,11-12H2,1-3H3,(H,21,23)(H,24,25)/t14-,19+/m1/s1. The Labute approximate surface area is 147 Å². The van der Waals surface area contributed by atoms with Gasteiger partial charge >= 0.3 is 5.97 Å². The number of carboxylic acids is 1. The maximum absolute atomic E-state index is 12.3. The molecule has 0 saturated carbocycles. The lowest BCUT2D eigenvalue weighted by Gasteiger charge is -2.26. The van der Waals surface area contributed by atoms with Crippen LogP contribution < -0.4 is 5.32 Å². The molecule has 0 fully saturated rings. The molecule has 0 unspecified atom stereocenters. The van der Waals surface area contributed by atoms with E-state index in [1.807, 2.05) is 55.8 Å². The Bertz CT molecular complexity index is 710. The lowest BCUT2D eigenvalue weighted by Crippen LogP contribution is -2.33. The molecule has 0 saturated heterocycles. The minimum atomic E-state index is -0.875. The van der Waals surface area contributed by atoms with Crippen molar-refractivity contribution in [1.82, 2.24) is 14.9 Å². The summed E-state index contributed by atoms with van der Waals surface area (Å²) in [4.78, 5) is 27.3. The van der Waals surface area contributed by atoms with Crippen molar-refractivity contribution < 1.29 is 14.7 Å². The Morgan fingerprint density at radius 1 is 1.28 bits per heavy atom. The van der Waals surface area contributed by atoms with E-state index in [9.17, 15) is 9.59 Å². The van der Waals surface area contributed by atoms with Gasteiger partial charge in [-0.05, 0) is 36.5 Å². The van der Waals surface area contributed by atoms with E-state index in [2.05, 4.69) is 10.3 Å². The Balaban J connectivity index is 1.97. The summed E-state index contributed by atoms with van der Waals surface area (Å²) in [7, 11) is 0. The smallest absolute Gasteiger partial charge is 0.303 e. The van der Waals surface area contributed by atoms with Gasteiger partial charge in [0, 0.05) is 24.5 Å².